The van der Waals surface area contributed by atoms with Gasteiger partial charge in [-0.3, -0.25) is 9.59 Å². The van der Waals surface area contributed by atoms with Gasteiger partial charge in [-0.1, -0.05) is 48.0 Å². The fourth-order valence-electron chi connectivity index (χ4n) is 3.69. The number of likely N-dealkylation sites (tertiary alicyclic amines) is 1. The van der Waals surface area contributed by atoms with Crippen LogP contribution in [0.4, 0.5) is 5.69 Å². The summed E-state index contributed by atoms with van der Waals surface area (Å²) in [5.74, 6) is 0.00237. The number of anilines is 1. The van der Waals surface area contributed by atoms with Gasteiger partial charge < -0.3 is 15.1 Å². The summed E-state index contributed by atoms with van der Waals surface area (Å²) < 4.78 is 0. The van der Waals surface area contributed by atoms with Crippen LogP contribution < -0.4 is 10.2 Å². The zero-order chi connectivity index (χ0) is 20.6. The van der Waals surface area contributed by atoms with Gasteiger partial charge in [-0.15, -0.1) is 0 Å². The van der Waals surface area contributed by atoms with E-state index in [0.717, 1.165) is 42.7 Å². The number of rotatable bonds is 7. The summed E-state index contributed by atoms with van der Waals surface area (Å²) >= 11 is 0. The summed E-state index contributed by atoms with van der Waals surface area (Å²) in [7, 11) is 0. The van der Waals surface area contributed by atoms with Crippen molar-refractivity contribution < 1.29 is 9.59 Å². The normalized spacial score (nSPS) is 14.9. The second kappa shape index (κ2) is 10.1. The lowest BCUT2D eigenvalue weighted by molar-refractivity contribution is -0.130. The maximum atomic E-state index is 12.8. The van der Waals surface area contributed by atoms with Gasteiger partial charge in [0.15, 0.2) is 0 Å². The zero-order valence-corrected chi connectivity index (χ0v) is 17.4. The molecule has 0 spiro atoms. The molecule has 0 saturated carbocycles. The number of piperidine rings is 1. The van der Waals surface area contributed by atoms with Crippen molar-refractivity contribution in [3.63, 3.8) is 0 Å². The van der Waals surface area contributed by atoms with Crippen molar-refractivity contribution in [1.82, 2.24) is 10.2 Å². The molecule has 5 heteroatoms. The third kappa shape index (κ3) is 6.08. The predicted molar refractivity (Wildman–Crippen MR) is 117 cm³/mol. The molecule has 1 saturated heterocycles. The molecule has 0 aliphatic carbocycles. The molecule has 1 fully saturated rings. The first kappa shape index (κ1) is 20.9. The largest absolute Gasteiger partial charge is 0.353 e. The highest BCUT2D eigenvalue weighted by atomic mass is 16.2. The number of carbonyl (C=O) groups is 2. The molecule has 0 bridgehead atoms. The molecule has 2 aromatic carbocycles. The van der Waals surface area contributed by atoms with Gasteiger partial charge in [0.25, 0.3) is 0 Å². The SMILES string of the molecule is Cc1ccc(N(CC(=O)NC(C)c2ccccc2)CC(=O)N2CCCCC2)cc1. The van der Waals surface area contributed by atoms with Crippen LogP contribution >= 0.6 is 0 Å². The van der Waals surface area contributed by atoms with E-state index in [-0.39, 0.29) is 30.9 Å². The third-order valence-corrected chi connectivity index (χ3v) is 5.45. The highest BCUT2D eigenvalue weighted by molar-refractivity contribution is 5.86. The molecule has 1 unspecified atom stereocenters. The zero-order valence-electron chi connectivity index (χ0n) is 17.4. The van der Waals surface area contributed by atoms with Crippen molar-refractivity contribution in [2.45, 2.75) is 39.2 Å². The predicted octanol–water partition coefficient (Wildman–Crippen LogP) is 3.69. The van der Waals surface area contributed by atoms with Gasteiger partial charge in [0, 0.05) is 18.8 Å². The lowest BCUT2D eigenvalue weighted by Gasteiger charge is -2.31. The lowest BCUT2D eigenvalue weighted by Crippen LogP contribution is -2.46. The molecule has 5 nitrogen and oxygen atoms in total. The van der Waals surface area contributed by atoms with Crippen LogP contribution in [0.15, 0.2) is 54.6 Å². The van der Waals surface area contributed by atoms with E-state index in [2.05, 4.69) is 5.32 Å². The first-order chi connectivity index (χ1) is 14.0. The Bertz CT molecular complexity index is 799. The molecule has 0 aromatic heterocycles. The summed E-state index contributed by atoms with van der Waals surface area (Å²) in [6.45, 7) is 6.01. The summed E-state index contributed by atoms with van der Waals surface area (Å²) in [5.41, 5.74) is 3.11. The van der Waals surface area contributed by atoms with Gasteiger partial charge >= 0.3 is 0 Å². The van der Waals surface area contributed by atoms with Crippen molar-refractivity contribution in [2.75, 3.05) is 31.1 Å². The van der Waals surface area contributed by atoms with Crippen molar-refractivity contribution in [3.05, 3.63) is 65.7 Å². The lowest BCUT2D eigenvalue weighted by atomic mass is 10.1. The van der Waals surface area contributed by atoms with Gasteiger partial charge in [-0.25, -0.2) is 0 Å². The Balaban J connectivity index is 1.67. The highest BCUT2D eigenvalue weighted by Gasteiger charge is 2.22. The van der Waals surface area contributed by atoms with Crippen LogP contribution in [-0.2, 0) is 9.59 Å². The van der Waals surface area contributed by atoms with Crippen molar-refractivity contribution in [2.24, 2.45) is 0 Å². The van der Waals surface area contributed by atoms with E-state index in [0.29, 0.717) is 0 Å². The van der Waals surface area contributed by atoms with E-state index in [1.807, 2.05) is 78.2 Å². The molecule has 1 aliphatic rings. The number of hydrogen-bond donors (Lipinski definition) is 1. The number of hydrogen-bond acceptors (Lipinski definition) is 3. The molecule has 1 N–H and O–H groups in total. The molecule has 1 aliphatic heterocycles. The fraction of sp³-hybridized carbons (Fsp3) is 0.417. The Morgan fingerprint density at radius 2 is 1.62 bits per heavy atom. The maximum Gasteiger partial charge on any atom is 0.242 e. The quantitative estimate of drug-likeness (QED) is 0.781. The smallest absolute Gasteiger partial charge is 0.242 e. The van der Waals surface area contributed by atoms with E-state index in [1.54, 1.807) is 0 Å². The van der Waals surface area contributed by atoms with Gasteiger partial charge in [0.05, 0.1) is 19.1 Å². The van der Waals surface area contributed by atoms with Gasteiger partial charge in [0.2, 0.25) is 11.8 Å². The topological polar surface area (TPSA) is 52.7 Å². The van der Waals surface area contributed by atoms with E-state index in [9.17, 15) is 9.59 Å². The van der Waals surface area contributed by atoms with Crippen LogP contribution in [0.5, 0.6) is 0 Å². The van der Waals surface area contributed by atoms with E-state index in [1.165, 1.54) is 6.42 Å². The summed E-state index contributed by atoms with van der Waals surface area (Å²) in [4.78, 5) is 29.4. The van der Waals surface area contributed by atoms with Crippen LogP contribution in [0.25, 0.3) is 0 Å². The maximum absolute atomic E-state index is 12.8. The molecule has 2 amide bonds. The number of amides is 2. The van der Waals surface area contributed by atoms with E-state index in [4.69, 9.17) is 0 Å². The van der Waals surface area contributed by atoms with Crippen LogP contribution in [0, 0.1) is 6.92 Å². The van der Waals surface area contributed by atoms with Crippen LogP contribution in [0.1, 0.15) is 43.4 Å². The van der Waals surface area contributed by atoms with Crippen LogP contribution in [0.2, 0.25) is 0 Å². The average molecular weight is 394 g/mol. The molecule has 1 atom stereocenters. The number of aryl methyl sites for hydroxylation is 1. The van der Waals surface area contributed by atoms with Gasteiger partial charge in [0.1, 0.15) is 0 Å². The van der Waals surface area contributed by atoms with E-state index >= 15 is 0 Å². The van der Waals surface area contributed by atoms with Crippen LogP contribution in [0.3, 0.4) is 0 Å². The molecule has 29 heavy (non-hydrogen) atoms. The minimum Gasteiger partial charge on any atom is -0.353 e. The Labute approximate surface area is 173 Å². The molecule has 3 rings (SSSR count). The second-order valence-corrected chi connectivity index (χ2v) is 7.83. The van der Waals surface area contributed by atoms with Crippen molar-refractivity contribution in [1.29, 1.82) is 0 Å². The Morgan fingerprint density at radius 3 is 2.28 bits per heavy atom. The number of nitrogens with zero attached hydrogens (tertiary/aromatic N) is 2. The third-order valence-electron chi connectivity index (χ3n) is 5.45. The highest BCUT2D eigenvalue weighted by Crippen LogP contribution is 2.17. The van der Waals surface area contributed by atoms with Crippen molar-refractivity contribution in [3.8, 4) is 0 Å². The minimum atomic E-state index is -0.0895. The fourth-order valence-corrected chi connectivity index (χ4v) is 3.69. The summed E-state index contributed by atoms with van der Waals surface area (Å²) in [6.07, 6.45) is 3.31. The number of nitrogens with one attached hydrogen (secondary N) is 1. The summed E-state index contributed by atoms with van der Waals surface area (Å²) in [6, 6.07) is 17.8. The summed E-state index contributed by atoms with van der Waals surface area (Å²) in [5, 5.41) is 3.06. The molecule has 1 heterocycles. The average Bonchev–Trinajstić information content (AvgIpc) is 2.75. The standard InChI is InChI=1S/C24H31N3O2/c1-19-11-13-22(14-12-19)27(18-24(29)26-15-7-4-8-16-26)17-23(28)25-20(2)21-9-5-3-6-10-21/h3,5-6,9-14,20H,4,7-8,15-18H2,1-2H3,(H,25,28). The first-order valence-corrected chi connectivity index (χ1v) is 10.5. The van der Waals surface area contributed by atoms with Gasteiger partial charge in [-0.2, -0.15) is 0 Å². The molecule has 0 radical (unpaired) electrons. The Kier molecular flexibility index (Phi) is 7.28. The van der Waals surface area contributed by atoms with Crippen LogP contribution in [-0.4, -0.2) is 42.9 Å². The minimum absolute atomic E-state index is 0.0821. The molecule has 154 valence electrons. The monoisotopic (exact) mass is 393 g/mol. The Hall–Kier alpha value is -2.82. The van der Waals surface area contributed by atoms with E-state index < -0.39 is 0 Å². The number of carbonyl (C=O) groups excluding carboxylic acids is 2. The first-order valence-electron chi connectivity index (χ1n) is 10.5. The molecular weight excluding hydrogens is 362 g/mol. The number of benzene rings is 2. The molecular formula is C24H31N3O2. The van der Waals surface area contributed by atoms with Gasteiger partial charge in [-0.05, 0) is 50.8 Å². The Morgan fingerprint density at radius 1 is 0.966 bits per heavy atom. The van der Waals surface area contributed by atoms with Crippen molar-refractivity contribution >= 4 is 17.5 Å². The second-order valence-electron chi connectivity index (χ2n) is 7.83. The molecule has 2 aromatic rings.